The van der Waals surface area contributed by atoms with E-state index in [1.807, 2.05) is 4.90 Å². The third-order valence-corrected chi connectivity index (χ3v) is 4.21. The molecule has 0 aromatic carbocycles. The number of aromatic nitrogens is 2. The number of aryl methyl sites for hydroxylation is 1. The van der Waals surface area contributed by atoms with E-state index < -0.39 is 0 Å². The monoisotopic (exact) mass is 317 g/mol. The normalized spacial score (nSPS) is 18.6. The van der Waals surface area contributed by atoms with Crippen LogP contribution in [0.1, 0.15) is 67.0 Å². The number of furan rings is 1. The maximum atomic E-state index is 12.8. The van der Waals surface area contributed by atoms with E-state index in [9.17, 15) is 4.79 Å². The first-order chi connectivity index (χ1) is 11.1. The predicted molar refractivity (Wildman–Crippen MR) is 83.9 cm³/mol. The molecular weight excluding hydrogens is 294 g/mol. The van der Waals surface area contributed by atoms with E-state index in [1.165, 1.54) is 0 Å². The molecule has 0 saturated carbocycles. The maximum absolute atomic E-state index is 12.8. The number of hydrogen-bond acceptors (Lipinski definition) is 5. The Labute approximate surface area is 135 Å². The third kappa shape index (κ3) is 3.30. The zero-order valence-electron chi connectivity index (χ0n) is 13.9. The largest absolute Gasteiger partial charge is 0.469 e. The average Bonchev–Trinajstić information content (AvgIpc) is 3.15. The highest BCUT2D eigenvalue weighted by Gasteiger charge is 2.33. The van der Waals surface area contributed by atoms with Gasteiger partial charge in [0.1, 0.15) is 11.8 Å². The van der Waals surface area contributed by atoms with Crippen molar-refractivity contribution >= 4 is 5.91 Å². The van der Waals surface area contributed by atoms with Crippen LogP contribution in [0.3, 0.4) is 0 Å². The van der Waals surface area contributed by atoms with Gasteiger partial charge >= 0.3 is 0 Å². The van der Waals surface area contributed by atoms with Crippen LogP contribution in [0.5, 0.6) is 0 Å². The van der Waals surface area contributed by atoms with Gasteiger partial charge in [-0.15, -0.1) is 0 Å². The van der Waals surface area contributed by atoms with Gasteiger partial charge in [0.2, 0.25) is 5.89 Å². The lowest BCUT2D eigenvalue weighted by Gasteiger charge is -2.33. The van der Waals surface area contributed by atoms with Crippen LogP contribution < -0.4 is 0 Å². The van der Waals surface area contributed by atoms with E-state index in [2.05, 4.69) is 24.0 Å². The standard InChI is InChI=1S/C17H23N3O3/c1-11(2)10-15-18-16(23-19-15)14-6-4-5-8-20(14)17(21)13-7-9-22-12(13)3/h7,9,11,14H,4-6,8,10H2,1-3H3/t14-/m0/s1. The lowest BCUT2D eigenvalue weighted by Crippen LogP contribution is -2.38. The minimum absolute atomic E-state index is 0.0236. The van der Waals surface area contributed by atoms with E-state index in [-0.39, 0.29) is 11.9 Å². The van der Waals surface area contributed by atoms with Crippen LogP contribution in [0.4, 0.5) is 0 Å². The number of piperidine rings is 1. The fourth-order valence-electron chi connectivity index (χ4n) is 3.04. The number of likely N-dealkylation sites (tertiary alicyclic amines) is 1. The molecule has 1 amide bonds. The molecule has 0 N–H and O–H groups in total. The molecule has 1 atom stereocenters. The second-order valence-corrected chi connectivity index (χ2v) is 6.55. The highest BCUT2D eigenvalue weighted by molar-refractivity contribution is 5.95. The average molecular weight is 317 g/mol. The Morgan fingerprint density at radius 2 is 2.26 bits per heavy atom. The van der Waals surface area contributed by atoms with Crippen molar-refractivity contribution < 1.29 is 13.7 Å². The molecule has 23 heavy (non-hydrogen) atoms. The van der Waals surface area contributed by atoms with Crippen LogP contribution >= 0.6 is 0 Å². The lowest BCUT2D eigenvalue weighted by molar-refractivity contribution is 0.0559. The van der Waals surface area contributed by atoms with E-state index in [0.29, 0.717) is 35.5 Å². The molecule has 1 aliphatic rings. The first-order valence-electron chi connectivity index (χ1n) is 8.23. The van der Waals surface area contributed by atoms with Crippen LogP contribution in [0, 0.1) is 12.8 Å². The second kappa shape index (κ2) is 6.56. The summed E-state index contributed by atoms with van der Waals surface area (Å²) in [5.74, 6) is 2.36. The molecule has 1 aliphatic heterocycles. The molecule has 3 rings (SSSR count). The van der Waals surface area contributed by atoms with Gasteiger partial charge in [-0.05, 0) is 38.2 Å². The smallest absolute Gasteiger partial charge is 0.258 e. The molecule has 1 fully saturated rings. The number of amides is 1. The number of hydrogen-bond donors (Lipinski definition) is 0. The van der Waals surface area contributed by atoms with Crippen molar-refractivity contribution in [2.75, 3.05) is 6.54 Å². The summed E-state index contributed by atoms with van der Waals surface area (Å²) in [6.45, 7) is 6.75. The van der Waals surface area contributed by atoms with Crippen molar-refractivity contribution in [1.29, 1.82) is 0 Å². The van der Waals surface area contributed by atoms with Crippen LogP contribution in [-0.2, 0) is 6.42 Å². The van der Waals surface area contributed by atoms with Crippen LogP contribution in [0.15, 0.2) is 21.3 Å². The maximum Gasteiger partial charge on any atom is 0.258 e. The minimum atomic E-state index is -0.140. The van der Waals surface area contributed by atoms with Gasteiger partial charge in [-0.1, -0.05) is 19.0 Å². The third-order valence-electron chi connectivity index (χ3n) is 4.21. The summed E-state index contributed by atoms with van der Waals surface area (Å²) in [4.78, 5) is 19.2. The van der Waals surface area contributed by atoms with Crippen molar-refractivity contribution in [2.45, 2.75) is 52.5 Å². The van der Waals surface area contributed by atoms with Crippen LogP contribution in [0.2, 0.25) is 0 Å². The Morgan fingerprint density at radius 1 is 1.43 bits per heavy atom. The first-order valence-corrected chi connectivity index (χ1v) is 8.23. The summed E-state index contributed by atoms with van der Waals surface area (Å²) >= 11 is 0. The molecule has 2 aromatic heterocycles. The van der Waals surface area contributed by atoms with E-state index >= 15 is 0 Å². The molecule has 6 nitrogen and oxygen atoms in total. The molecule has 6 heteroatoms. The Bertz CT molecular complexity index is 674. The first kappa shape index (κ1) is 15.8. The Morgan fingerprint density at radius 3 is 2.96 bits per heavy atom. The Hall–Kier alpha value is -2.11. The fourth-order valence-corrected chi connectivity index (χ4v) is 3.04. The highest BCUT2D eigenvalue weighted by atomic mass is 16.5. The van der Waals surface area contributed by atoms with E-state index in [1.54, 1.807) is 19.3 Å². The predicted octanol–water partition coefficient (Wildman–Crippen LogP) is 3.54. The molecule has 1 saturated heterocycles. The zero-order valence-corrected chi connectivity index (χ0v) is 13.9. The number of rotatable bonds is 4. The molecule has 0 unspecified atom stereocenters. The van der Waals surface area contributed by atoms with Gasteiger partial charge in [-0.25, -0.2) is 0 Å². The summed E-state index contributed by atoms with van der Waals surface area (Å²) in [5.41, 5.74) is 0.610. The summed E-state index contributed by atoms with van der Waals surface area (Å²) in [5, 5.41) is 4.06. The quantitative estimate of drug-likeness (QED) is 0.862. The van der Waals surface area contributed by atoms with Gasteiger partial charge in [-0.3, -0.25) is 4.79 Å². The Kier molecular flexibility index (Phi) is 4.50. The molecule has 2 aromatic rings. The Balaban J connectivity index is 1.83. The summed E-state index contributed by atoms with van der Waals surface area (Å²) in [7, 11) is 0. The zero-order chi connectivity index (χ0) is 16.4. The van der Waals surface area contributed by atoms with Gasteiger partial charge in [-0.2, -0.15) is 4.98 Å². The molecule has 124 valence electrons. The molecule has 3 heterocycles. The van der Waals surface area contributed by atoms with Crippen molar-refractivity contribution in [2.24, 2.45) is 5.92 Å². The summed E-state index contributed by atoms with van der Waals surface area (Å²) in [6, 6.07) is 1.58. The molecule has 0 aliphatic carbocycles. The van der Waals surface area contributed by atoms with Crippen molar-refractivity contribution in [1.82, 2.24) is 15.0 Å². The van der Waals surface area contributed by atoms with E-state index in [4.69, 9.17) is 8.94 Å². The summed E-state index contributed by atoms with van der Waals surface area (Å²) in [6.07, 6.45) is 5.23. The van der Waals surface area contributed by atoms with Crippen molar-refractivity contribution in [3.63, 3.8) is 0 Å². The van der Waals surface area contributed by atoms with Gasteiger partial charge < -0.3 is 13.8 Å². The number of carbonyl (C=O) groups is 1. The van der Waals surface area contributed by atoms with Gasteiger partial charge in [0.15, 0.2) is 5.82 Å². The van der Waals surface area contributed by atoms with Gasteiger partial charge in [0, 0.05) is 13.0 Å². The van der Waals surface area contributed by atoms with Crippen LogP contribution in [-0.4, -0.2) is 27.5 Å². The van der Waals surface area contributed by atoms with Gasteiger partial charge in [0.05, 0.1) is 11.8 Å². The molecule has 0 bridgehead atoms. The molecule has 0 radical (unpaired) electrons. The fraction of sp³-hybridized carbons (Fsp3) is 0.588. The molecular formula is C17H23N3O3. The summed E-state index contributed by atoms with van der Waals surface area (Å²) < 4.78 is 10.7. The number of nitrogens with zero attached hydrogens (tertiary/aromatic N) is 3. The van der Waals surface area contributed by atoms with E-state index in [0.717, 1.165) is 25.7 Å². The minimum Gasteiger partial charge on any atom is -0.469 e. The lowest BCUT2D eigenvalue weighted by atomic mass is 10.0. The van der Waals surface area contributed by atoms with Crippen molar-refractivity contribution in [3.05, 3.63) is 35.4 Å². The van der Waals surface area contributed by atoms with Crippen LogP contribution in [0.25, 0.3) is 0 Å². The molecule has 0 spiro atoms. The van der Waals surface area contributed by atoms with Crippen molar-refractivity contribution in [3.8, 4) is 0 Å². The SMILES string of the molecule is Cc1occc1C(=O)N1CCCC[C@H]1c1nc(CC(C)C)no1. The second-order valence-electron chi connectivity index (χ2n) is 6.55. The van der Waals surface area contributed by atoms with Gasteiger partial charge in [0.25, 0.3) is 5.91 Å². The topological polar surface area (TPSA) is 72.4 Å². The highest BCUT2D eigenvalue weighted by Crippen LogP contribution is 2.32. The number of carbonyl (C=O) groups excluding carboxylic acids is 1.